The molecule has 4 heterocycles. The zero-order chi connectivity index (χ0) is 49.0. The molecule has 376 valence electrons. The second kappa shape index (κ2) is 25.7. The summed E-state index contributed by atoms with van der Waals surface area (Å²) in [4.78, 5) is 42.0. The highest BCUT2D eigenvalue weighted by Crippen LogP contribution is 2.39. The lowest BCUT2D eigenvalue weighted by Gasteiger charge is -2.37. The van der Waals surface area contributed by atoms with Crippen molar-refractivity contribution in [1.82, 2.24) is 15.1 Å². The Balaban J connectivity index is 0.000000268. The van der Waals surface area contributed by atoms with Gasteiger partial charge in [-0.3, -0.25) is 9.59 Å². The first kappa shape index (κ1) is 56.5. The van der Waals surface area contributed by atoms with Crippen LogP contribution in [-0.4, -0.2) is 92.3 Å². The minimum absolute atomic E-state index is 0. The van der Waals surface area contributed by atoms with Gasteiger partial charge in [0.1, 0.15) is 11.3 Å². The van der Waals surface area contributed by atoms with Crippen LogP contribution in [-0.2, 0) is 20.8 Å². The van der Waals surface area contributed by atoms with Crippen molar-refractivity contribution in [3.63, 3.8) is 0 Å². The maximum absolute atomic E-state index is 15.6. The number of alkyl halides is 2. The Hall–Kier alpha value is -6.10. The molecule has 0 aliphatic carbocycles. The van der Waals surface area contributed by atoms with Crippen LogP contribution in [0.25, 0.3) is 0 Å². The topological polar surface area (TPSA) is 200 Å². The fourth-order valence-electron chi connectivity index (χ4n) is 9.01. The monoisotopic (exact) mass is 983 g/mol. The van der Waals surface area contributed by atoms with Gasteiger partial charge in [0.05, 0.1) is 42.5 Å². The molecule has 0 bridgehead atoms. The lowest BCUT2D eigenvalue weighted by Crippen LogP contribution is -2.43. The molecule has 4 aromatic carbocycles. The highest BCUT2D eigenvalue weighted by atomic mass is 35.5. The standard InChI is InChI=1S/C27H31FN4O3.C21H22FN3O.C5H11NO.CH4.ClH/c1-18-14-19(2)24(31-26(34)30-22-4-3-13-35-17-22)15-23(18)25(33)32-11-9-27(28,10-12-32)21-7-5-20(16-29)6-8-21;1-14-11-15(2)19(24)12-18(14)20(26)25-9-7-21(22,8-10-25)17-5-3-16(13-23)4-6-17;6-5-2-1-3-7-4-5;;/h5-8,14-15,22H,3-4,9-13,17H2,1-2H3,(H2,30,31,34);3-6,11-12H,7-10,24H2,1-2H3;5H,1-4,6H2;1H4;1H. The molecule has 4 aliphatic rings. The van der Waals surface area contributed by atoms with Crippen molar-refractivity contribution in [3.8, 4) is 12.1 Å². The molecule has 0 spiro atoms. The number of benzene rings is 4. The number of nitrogens with one attached hydrogen (secondary N) is 2. The summed E-state index contributed by atoms with van der Waals surface area (Å²) in [6.07, 6.45) is 4.92. The molecular weight excluding hydrogens is 914 g/mol. The van der Waals surface area contributed by atoms with Gasteiger partial charge < -0.3 is 41.4 Å². The van der Waals surface area contributed by atoms with E-state index in [2.05, 4.69) is 10.6 Å². The Bertz CT molecular complexity index is 2480. The van der Waals surface area contributed by atoms with E-state index in [9.17, 15) is 14.4 Å². The maximum atomic E-state index is 15.6. The van der Waals surface area contributed by atoms with Crippen molar-refractivity contribution < 1.29 is 32.6 Å². The van der Waals surface area contributed by atoms with E-state index in [1.807, 2.05) is 52.0 Å². The van der Waals surface area contributed by atoms with Crippen LogP contribution in [0.15, 0.2) is 72.8 Å². The van der Waals surface area contributed by atoms with E-state index in [1.165, 1.54) is 0 Å². The van der Waals surface area contributed by atoms with E-state index in [0.717, 1.165) is 67.8 Å². The maximum Gasteiger partial charge on any atom is 0.319 e. The third kappa shape index (κ3) is 14.5. The lowest BCUT2D eigenvalue weighted by molar-refractivity contribution is 0.0412. The first-order valence-electron chi connectivity index (χ1n) is 23.5. The Labute approximate surface area is 418 Å². The van der Waals surface area contributed by atoms with Gasteiger partial charge in [-0.1, -0.05) is 43.8 Å². The molecule has 2 atom stereocenters. The molecule has 70 heavy (non-hydrogen) atoms. The smallest absolute Gasteiger partial charge is 0.319 e. The Morgan fingerprint density at radius 2 is 1.11 bits per heavy atom. The number of carbonyl (C=O) groups excluding carboxylic acids is 3. The number of nitriles is 2. The van der Waals surface area contributed by atoms with E-state index in [4.69, 9.17) is 31.5 Å². The van der Waals surface area contributed by atoms with Crippen molar-refractivity contribution in [3.05, 3.63) is 128 Å². The van der Waals surface area contributed by atoms with Crippen molar-refractivity contribution >= 4 is 41.6 Å². The van der Waals surface area contributed by atoms with Crippen LogP contribution >= 0.6 is 12.4 Å². The number of ether oxygens (including phenoxy) is 2. The third-order valence-electron chi connectivity index (χ3n) is 13.3. The summed E-state index contributed by atoms with van der Waals surface area (Å²) in [5.74, 6) is -0.274. The molecule has 8 rings (SSSR count). The van der Waals surface area contributed by atoms with Gasteiger partial charge >= 0.3 is 6.03 Å². The average molecular weight is 984 g/mol. The van der Waals surface area contributed by atoms with Gasteiger partial charge in [0.15, 0.2) is 0 Å². The number of urea groups is 1. The van der Waals surface area contributed by atoms with Gasteiger partial charge in [0.2, 0.25) is 0 Å². The fraction of sp³-hybridized carbons (Fsp3) is 0.463. The quantitative estimate of drug-likeness (QED) is 0.136. The van der Waals surface area contributed by atoms with Crippen LogP contribution in [0.3, 0.4) is 0 Å². The normalized spacial score (nSPS) is 19.0. The van der Waals surface area contributed by atoms with Gasteiger partial charge in [-0.05, 0) is 123 Å². The number of piperidine rings is 2. The van der Waals surface area contributed by atoms with E-state index >= 15 is 8.78 Å². The number of nitrogens with two attached hydrogens (primary N) is 2. The number of halogens is 3. The fourth-order valence-corrected chi connectivity index (χ4v) is 9.01. The van der Waals surface area contributed by atoms with Gasteiger partial charge in [0.25, 0.3) is 11.8 Å². The number of carbonyl (C=O) groups is 3. The molecule has 4 saturated heterocycles. The molecule has 4 fully saturated rings. The number of rotatable bonds is 6. The molecule has 16 heteroatoms. The first-order chi connectivity index (χ1) is 32.5. The lowest BCUT2D eigenvalue weighted by atomic mass is 9.85. The van der Waals surface area contributed by atoms with E-state index < -0.39 is 11.3 Å². The van der Waals surface area contributed by atoms with Crippen LogP contribution in [0.1, 0.15) is 124 Å². The van der Waals surface area contributed by atoms with Crippen LogP contribution in [0.4, 0.5) is 25.0 Å². The molecule has 6 N–H and O–H groups in total. The average Bonchev–Trinajstić information content (AvgIpc) is 3.34. The highest BCUT2D eigenvalue weighted by molar-refractivity contribution is 5.99. The van der Waals surface area contributed by atoms with E-state index in [0.29, 0.717) is 70.5 Å². The summed E-state index contributed by atoms with van der Waals surface area (Å²) in [5, 5.41) is 23.6. The minimum atomic E-state index is -1.53. The molecule has 4 aromatic rings. The van der Waals surface area contributed by atoms with Crippen LogP contribution in [0.5, 0.6) is 0 Å². The number of likely N-dealkylation sites (tertiary alicyclic amines) is 2. The van der Waals surface area contributed by atoms with Gasteiger partial charge in [-0.25, -0.2) is 13.6 Å². The first-order valence-corrected chi connectivity index (χ1v) is 23.5. The van der Waals surface area contributed by atoms with Gasteiger partial charge in [-0.15, -0.1) is 12.4 Å². The summed E-state index contributed by atoms with van der Waals surface area (Å²) in [6, 6.07) is 24.4. The summed E-state index contributed by atoms with van der Waals surface area (Å²) in [5.41, 5.74) is 16.3. The Kier molecular flexibility index (Phi) is 20.7. The van der Waals surface area contributed by atoms with E-state index in [1.54, 1.807) is 70.5 Å². The zero-order valence-corrected chi connectivity index (χ0v) is 40.9. The van der Waals surface area contributed by atoms with Crippen molar-refractivity contribution in [2.75, 3.05) is 63.7 Å². The molecule has 0 aromatic heterocycles. The van der Waals surface area contributed by atoms with Gasteiger partial charge in [0, 0.05) is 93.6 Å². The highest BCUT2D eigenvalue weighted by Gasteiger charge is 2.39. The minimum Gasteiger partial charge on any atom is -0.398 e. The largest absolute Gasteiger partial charge is 0.398 e. The Morgan fingerprint density at radius 3 is 1.51 bits per heavy atom. The number of hydrogen-bond donors (Lipinski definition) is 4. The second-order valence-electron chi connectivity index (χ2n) is 18.4. The zero-order valence-electron chi connectivity index (χ0n) is 40.0. The van der Waals surface area contributed by atoms with Crippen LogP contribution in [0.2, 0.25) is 0 Å². The summed E-state index contributed by atoms with van der Waals surface area (Å²) in [6.45, 7) is 11.7. The van der Waals surface area contributed by atoms with E-state index in [-0.39, 0.29) is 82.5 Å². The summed E-state index contributed by atoms with van der Waals surface area (Å²) < 4.78 is 41.4. The van der Waals surface area contributed by atoms with Crippen molar-refractivity contribution in [1.29, 1.82) is 10.5 Å². The van der Waals surface area contributed by atoms with Crippen LogP contribution in [0, 0.1) is 50.4 Å². The number of hydrogen-bond acceptors (Lipinski definition) is 9. The Morgan fingerprint density at radius 1 is 0.671 bits per heavy atom. The molecule has 0 radical (unpaired) electrons. The number of anilines is 2. The number of aryl methyl sites for hydroxylation is 4. The molecule has 0 saturated carbocycles. The van der Waals surface area contributed by atoms with Crippen molar-refractivity contribution in [2.24, 2.45) is 5.73 Å². The van der Waals surface area contributed by atoms with Gasteiger partial charge in [-0.2, -0.15) is 10.5 Å². The predicted molar refractivity (Wildman–Crippen MR) is 272 cm³/mol. The second-order valence-corrected chi connectivity index (χ2v) is 18.4. The summed E-state index contributed by atoms with van der Waals surface area (Å²) >= 11 is 0. The van der Waals surface area contributed by atoms with Crippen LogP contribution < -0.4 is 22.1 Å². The molecule has 2 unspecified atom stereocenters. The molecular formula is C54H69ClF2N8O5. The SMILES string of the molecule is C.Cc1cc(C)c(C(=O)N2CCC(F)(c3ccc(C#N)cc3)CC2)cc1N.Cc1cc(C)c(C(=O)N2CCC(F)(c3ccc(C#N)cc3)CC2)cc1NC(=O)NC1CCCOC1.Cl.NC1CCCOC1. The predicted octanol–water partition coefficient (Wildman–Crippen LogP) is 9.62. The molecule has 13 nitrogen and oxygen atoms in total. The number of nitrogen functional groups attached to an aromatic ring is 1. The number of amides is 4. The molecule has 4 amide bonds. The summed E-state index contributed by atoms with van der Waals surface area (Å²) in [7, 11) is 0. The third-order valence-corrected chi connectivity index (χ3v) is 13.3. The molecule has 4 aliphatic heterocycles. The van der Waals surface area contributed by atoms with Crippen molar-refractivity contribution in [2.45, 2.75) is 110 Å². The number of nitrogens with zero attached hydrogens (tertiary/aromatic N) is 4.